The molecule has 0 spiro atoms. The van der Waals surface area contributed by atoms with E-state index in [0.717, 1.165) is 36.2 Å². The van der Waals surface area contributed by atoms with E-state index < -0.39 is 0 Å². The lowest BCUT2D eigenvalue weighted by atomic mass is 9.71. The molecule has 0 bridgehead atoms. The van der Waals surface area contributed by atoms with Gasteiger partial charge in [0.15, 0.2) is 0 Å². The van der Waals surface area contributed by atoms with Crippen molar-refractivity contribution in [1.29, 1.82) is 0 Å². The molecule has 0 aromatic heterocycles. The molecule has 0 N–H and O–H groups in total. The van der Waals surface area contributed by atoms with Crippen molar-refractivity contribution in [2.75, 3.05) is 6.61 Å². The Morgan fingerprint density at radius 3 is 1.72 bits per heavy atom. The van der Waals surface area contributed by atoms with Gasteiger partial charge in [0.05, 0.1) is 12.7 Å². The number of hydrogen-bond acceptors (Lipinski definition) is 1. The van der Waals surface area contributed by atoms with Crippen LogP contribution in [-0.4, -0.2) is 12.7 Å². The van der Waals surface area contributed by atoms with Crippen molar-refractivity contribution in [3.63, 3.8) is 0 Å². The summed E-state index contributed by atoms with van der Waals surface area (Å²) in [5, 5.41) is 0. The lowest BCUT2D eigenvalue weighted by Gasteiger charge is -2.37. The van der Waals surface area contributed by atoms with Crippen molar-refractivity contribution in [2.24, 2.45) is 29.6 Å². The summed E-state index contributed by atoms with van der Waals surface area (Å²) in [5.74, 6) is 4.95. The highest BCUT2D eigenvalue weighted by Crippen LogP contribution is 2.41. The molecule has 3 fully saturated rings. The molecule has 3 aliphatic rings. The molecule has 1 saturated heterocycles. The van der Waals surface area contributed by atoms with Crippen LogP contribution >= 0.6 is 0 Å². The summed E-state index contributed by atoms with van der Waals surface area (Å²) < 4.78 is 5.95. The Morgan fingerprint density at radius 1 is 0.720 bits per heavy atom. The molecule has 0 aromatic rings. The van der Waals surface area contributed by atoms with E-state index in [1.54, 1.807) is 0 Å². The zero-order valence-electron chi connectivity index (χ0n) is 16.8. The van der Waals surface area contributed by atoms with Gasteiger partial charge < -0.3 is 4.74 Å². The maximum Gasteiger partial charge on any atom is 0.0753 e. The minimum absolute atomic E-state index is 0.333. The Hall–Kier alpha value is -0.300. The maximum absolute atomic E-state index is 5.95. The zero-order valence-corrected chi connectivity index (χ0v) is 16.8. The average Bonchev–Trinajstić information content (AvgIpc) is 2.68. The van der Waals surface area contributed by atoms with Crippen molar-refractivity contribution in [3.05, 3.63) is 12.7 Å². The van der Waals surface area contributed by atoms with Gasteiger partial charge in [0.25, 0.3) is 0 Å². The molecule has 0 aromatic carbocycles. The molecular weight excluding hydrogens is 304 g/mol. The fourth-order valence-electron chi connectivity index (χ4n) is 5.99. The van der Waals surface area contributed by atoms with E-state index in [0.29, 0.717) is 6.10 Å². The van der Waals surface area contributed by atoms with E-state index in [1.807, 2.05) is 6.08 Å². The zero-order chi connectivity index (χ0) is 17.5. The van der Waals surface area contributed by atoms with Crippen LogP contribution in [0, 0.1) is 29.6 Å². The Morgan fingerprint density at radius 2 is 1.24 bits per heavy atom. The number of ether oxygens (including phenoxy) is 1. The first-order valence-corrected chi connectivity index (χ1v) is 11.5. The van der Waals surface area contributed by atoms with Gasteiger partial charge in [-0.2, -0.15) is 0 Å². The van der Waals surface area contributed by atoms with Gasteiger partial charge in [0, 0.05) is 0 Å². The SMILES string of the molecule is C=CC1CCC(C2CCC(CCC3CCC(CCC)CC3)CC2)CO1. The minimum Gasteiger partial charge on any atom is -0.374 e. The normalized spacial score (nSPS) is 39.9. The minimum atomic E-state index is 0.333. The smallest absolute Gasteiger partial charge is 0.0753 e. The molecule has 1 heterocycles. The third-order valence-electron chi connectivity index (χ3n) is 7.81. The van der Waals surface area contributed by atoms with Crippen LogP contribution in [-0.2, 0) is 4.74 Å². The Kier molecular flexibility index (Phi) is 7.90. The Labute approximate surface area is 157 Å². The maximum atomic E-state index is 5.95. The van der Waals surface area contributed by atoms with Gasteiger partial charge in [-0.15, -0.1) is 6.58 Å². The molecule has 1 aliphatic heterocycles. The molecule has 1 nitrogen and oxygen atoms in total. The van der Waals surface area contributed by atoms with E-state index in [-0.39, 0.29) is 0 Å². The van der Waals surface area contributed by atoms with E-state index in [9.17, 15) is 0 Å². The molecule has 1 heteroatoms. The summed E-state index contributed by atoms with van der Waals surface area (Å²) in [5.41, 5.74) is 0. The summed E-state index contributed by atoms with van der Waals surface area (Å²) in [7, 11) is 0. The predicted molar refractivity (Wildman–Crippen MR) is 108 cm³/mol. The molecule has 0 radical (unpaired) electrons. The monoisotopic (exact) mass is 346 g/mol. The molecule has 144 valence electrons. The molecule has 0 amide bonds. The van der Waals surface area contributed by atoms with Crippen LogP contribution < -0.4 is 0 Å². The van der Waals surface area contributed by atoms with Gasteiger partial charge in [0.2, 0.25) is 0 Å². The summed E-state index contributed by atoms with van der Waals surface area (Å²) in [6.45, 7) is 7.22. The first kappa shape index (κ1) is 19.5. The fraction of sp³-hybridized carbons (Fsp3) is 0.917. The summed E-state index contributed by atoms with van der Waals surface area (Å²) in [4.78, 5) is 0. The van der Waals surface area contributed by atoms with Crippen molar-refractivity contribution in [2.45, 2.75) is 103 Å². The predicted octanol–water partition coefficient (Wildman–Crippen LogP) is 7.16. The van der Waals surface area contributed by atoms with Crippen LogP contribution in [0.15, 0.2) is 12.7 Å². The van der Waals surface area contributed by atoms with Gasteiger partial charge in [0.1, 0.15) is 0 Å². The first-order chi connectivity index (χ1) is 12.3. The topological polar surface area (TPSA) is 9.23 Å². The molecule has 2 aliphatic carbocycles. The quantitative estimate of drug-likeness (QED) is 0.444. The number of hydrogen-bond donors (Lipinski definition) is 0. The second-order valence-electron chi connectivity index (χ2n) is 9.48. The first-order valence-electron chi connectivity index (χ1n) is 11.5. The Balaban J connectivity index is 1.29. The molecule has 2 saturated carbocycles. The van der Waals surface area contributed by atoms with Gasteiger partial charge in [-0.1, -0.05) is 77.2 Å². The number of rotatable bonds is 7. The largest absolute Gasteiger partial charge is 0.374 e. The van der Waals surface area contributed by atoms with E-state index in [1.165, 1.54) is 89.9 Å². The van der Waals surface area contributed by atoms with Crippen molar-refractivity contribution in [1.82, 2.24) is 0 Å². The molecular formula is C24H42O. The second-order valence-corrected chi connectivity index (χ2v) is 9.48. The third kappa shape index (κ3) is 5.84. The lowest BCUT2D eigenvalue weighted by molar-refractivity contribution is -0.0168. The van der Waals surface area contributed by atoms with Gasteiger partial charge in [-0.25, -0.2) is 0 Å². The molecule has 2 unspecified atom stereocenters. The summed E-state index contributed by atoms with van der Waals surface area (Å²) in [6, 6.07) is 0. The van der Waals surface area contributed by atoms with Gasteiger partial charge in [-0.05, 0) is 55.3 Å². The third-order valence-corrected chi connectivity index (χ3v) is 7.81. The summed E-state index contributed by atoms with van der Waals surface area (Å²) in [6.07, 6.45) is 22.9. The highest BCUT2D eigenvalue weighted by molar-refractivity contribution is 4.87. The van der Waals surface area contributed by atoms with E-state index in [4.69, 9.17) is 4.74 Å². The molecule has 2 atom stereocenters. The van der Waals surface area contributed by atoms with Crippen LogP contribution in [0.4, 0.5) is 0 Å². The highest BCUT2D eigenvalue weighted by Gasteiger charge is 2.31. The van der Waals surface area contributed by atoms with Crippen LogP contribution in [0.3, 0.4) is 0 Å². The lowest BCUT2D eigenvalue weighted by Crippen LogP contribution is -2.31. The standard InChI is InChI=1S/C24H42O/c1-3-5-19-6-8-20(9-7-19)10-11-21-12-14-22(15-13-21)23-16-17-24(4-2)25-18-23/h4,19-24H,2-3,5-18H2,1H3. The van der Waals surface area contributed by atoms with Crippen LogP contribution in [0.1, 0.15) is 96.8 Å². The molecule has 25 heavy (non-hydrogen) atoms. The van der Waals surface area contributed by atoms with Gasteiger partial charge >= 0.3 is 0 Å². The van der Waals surface area contributed by atoms with E-state index in [2.05, 4.69) is 13.5 Å². The van der Waals surface area contributed by atoms with Crippen LogP contribution in [0.2, 0.25) is 0 Å². The van der Waals surface area contributed by atoms with Crippen LogP contribution in [0.25, 0.3) is 0 Å². The van der Waals surface area contributed by atoms with Crippen molar-refractivity contribution in [3.8, 4) is 0 Å². The van der Waals surface area contributed by atoms with Gasteiger partial charge in [-0.3, -0.25) is 0 Å². The summed E-state index contributed by atoms with van der Waals surface area (Å²) >= 11 is 0. The van der Waals surface area contributed by atoms with E-state index >= 15 is 0 Å². The Bertz CT molecular complexity index is 366. The van der Waals surface area contributed by atoms with Crippen molar-refractivity contribution >= 4 is 0 Å². The average molecular weight is 347 g/mol. The fourth-order valence-corrected chi connectivity index (χ4v) is 5.99. The van der Waals surface area contributed by atoms with Crippen LogP contribution in [0.5, 0.6) is 0 Å². The van der Waals surface area contributed by atoms with Crippen molar-refractivity contribution < 1.29 is 4.74 Å². The highest BCUT2D eigenvalue weighted by atomic mass is 16.5. The second kappa shape index (κ2) is 10.1. The molecule has 3 rings (SSSR count).